The summed E-state index contributed by atoms with van der Waals surface area (Å²) in [4.78, 5) is 25.7. The number of β-amino-alcohol motifs (C(OH)–C–C–N with tert-alkyl or cyclic N) is 1. The van der Waals surface area contributed by atoms with Crippen LogP contribution >= 0.6 is 11.8 Å². The van der Waals surface area contributed by atoms with Gasteiger partial charge in [0.15, 0.2) is 0 Å². The number of nitriles is 1. The van der Waals surface area contributed by atoms with Crippen LogP contribution in [-0.2, 0) is 11.2 Å². The number of pyridine rings is 1. The van der Waals surface area contributed by atoms with E-state index in [0.29, 0.717) is 45.9 Å². The fourth-order valence-corrected chi connectivity index (χ4v) is 6.93. The van der Waals surface area contributed by atoms with Crippen LogP contribution in [0.1, 0.15) is 54.5 Å². The molecule has 3 heterocycles. The summed E-state index contributed by atoms with van der Waals surface area (Å²) in [5, 5.41) is 19.0. The summed E-state index contributed by atoms with van der Waals surface area (Å²) in [6.45, 7) is 14.6. The van der Waals surface area contributed by atoms with Crippen LogP contribution in [0.2, 0.25) is 0 Å². The standard InChI is InChI=1S/C29H36N6O2S/c1-3-23-24(19-30)29(38-26(27(31)37)22-7-5-4-6-8-22)33-28(25(23)32-2)35-15-11-21(12-16-35)20-9-13-34(14-10-20)17-18-36/h4-8,20-21,26,36H,3,9-18H2,1H3,(H2,31,37). The number of thioether (sulfide) groups is 1. The first kappa shape index (κ1) is 27.9. The number of likely N-dealkylation sites (tertiary alicyclic amines) is 1. The lowest BCUT2D eigenvalue weighted by Gasteiger charge is -2.41. The van der Waals surface area contributed by atoms with Crippen LogP contribution < -0.4 is 10.6 Å². The lowest BCUT2D eigenvalue weighted by molar-refractivity contribution is -0.117. The van der Waals surface area contributed by atoms with Crippen LogP contribution in [0.4, 0.5) is 11.5 Å². The van der Waals surface area contributed by atoms with Crippen molar-refractivity contribution in [2.45, 2.75) is 49.3 Å². The normalized spacial score (nSPS) is 18.1. The van der Waals surface area contributed by atoms with E-state index in [1.54, 1.807) is 0 Å². The van der Waals surface area contributed by atoms with E-state index in [4.69, 9.17) is 17.3 Å². The second-order valence-electron chi connectivity index (χ2n) is 10.1. The van der Waals surface area contributed by atoms with Crippen LogP contribution in [-0.4, -0.2) is 60.2 Å². The quantitative estimate of drug-likeness (QED) is 0.366. The van der Waals surface area contributed by atoms with E-state index in [1.165, 1.54) is 24.6 Å². The Morgan fingerprint density at radius 2 is 1.84 bits per heavy atom. The number of benzene rings is 1. The molecule has 4 rings (SSSR count). The minimum absolute atomic E-state index is 0.218. The number of piperidine rings is 2. The lowest BCUT2D eigenvalue weighted by Crippen LogP contribution is -2.41. The first-order chi connectivity index (χ1) is 18.5. The number of carbonyl (C=O) groups is 1. The molecule has 1 unspecified atom stereocenters. The summed E-state index contributed by atoms with van der Waals surface area (Å²) in [6.07, 6.45) is 4.95. The zero-order chi connectivity index (χ0) is 27.1. The van der Waals surface area contributed by atoms with Crippen molar-refractivity contribution in [3.8, 4) is 6.07 Å². The van der Waals surface area contributed by atoms with Gasteiger partial charge in [-0.25, -0.2) is 9.83 Å². The first-order valence-electron chi connectivity index (χ1n) is 13.4. The van der Waals surface area contributed by atoms with Crippen LogP contribution in [0.5, 0.6) is 0 Å². The predicted molar refractivity (Wildman–Crippen MR) is 150 cm³/mol. The maximum atomic E-state index is 12.4. The molecule has 1 aromatic carbocycles. The number of aliphatic hydroxyl groups excluding tert-OH is 1. The topological polar surface area (TPSA) is 111 Å². The molecule has 0 radical (unpaired) electrons. The number of primary amides is 1. The highest BCUT2D eigenvalue weighted by molar-refractivity contribution is 8.00. The fraction of sp³-hybridized carbons (Fsp3) is 0.517. The Bertz CT molecular complexity index is 1190. The van der Waals surface area contributed by atoms with Gasteiger partial charge in [-0.3, -0.25) is 4.79 Å². The van der Waals surface area contributed by atoms with Crippen molar-refractivity contribution in [1.29, 1.82) is 5.26 Å². The van der Waals surface area contributed by atoms with Crippen molar-refractivity contribution in [3.05, 3.63) is 58.4 Å². The zero-order valence-electron chi connectivity index (χ0n) is 22.0. The number of aliphatic hydroxyl groups is 1. The summed E-state index contributed by atoms with van der Waals surface area (Å²) in [5.74, 6) is 1.47. The lowest BCUT2D eigenvalue weighted by atomic mass is 9.79. The Kier molecular flexibility index (Phi) is 9.63. The first-order valence-corrected chi connectivity index (χ1v) is 14.3. The number of aromatic nitrogens is 1. The highest BCUT2D eigenvalue weighted by Crippen LogP contribution is 2.44. The summed E-state index contributed by atoms with van der Waals surface area (Å²) >= 11 is 1.20. The van der Waals surface area contributed by atoms with Gasteiger partial charge in [0.1, 0.15) is 22.2 Å². The van der Waals surface area contributed by atoms with Crippen LogP contribution in [0, 0.1) is 29.7 Å². The summed E-state index contributed by atoms with van der Waals surface area (Å²) in [6, 6.07) is 11.6. The molecule has 1 amide bonds. The molecule has 2 saturated heterocycles. The van der Waals surface area contributed by atoms with Gasteiger partial charge in [0.25, 0.3) is 0 Å². The molecule has 2 aromatic rings. The van der Waals surface area contributed by atoms with Crippen molar-refractivity contribution in [2.75, 3.05) is 44.2 Å². The number of rotatable bonds is 9. The maximum Gasteiger partial charge on any atom is 0.235 e. The van der Waals surface area contributed by atoms with Gasteiger partial charge in [-0.1, -0.05) is 49.0 Å². The van der Waals surface area contributed by atoms with Crippen molar-refractivity contribution >= 4 is 29.2 Å². The smallest absolute Gasteiger partial charge is 0.235 e. The molecule has 38 heavy (non-hydrogen) atoms. The third-order valence-corrected chi connectivity index (χ3v) is 9.20. The molecule has 2 fully saturated rings. The largest absolute Gasteiger partial charge is 0.395 e. The van der Waals surface area contributed by atoms with E-state index in [2.05, 4.69) is 20.7 Å². The average Bonchev–Trinajstić information content (AvgIpc) is 2.96. The molecule has 3 N–H and O–H groups in total. The predicted octanol–water partition coefficient (Wildman–Crippen LogP) is 4.31. The molecule has 200 valence electrons. The van der Waals surface area contributed by atoms with Crippen molar-refractivity contribution in [3.63, 3.8) is 0 Å². The number of anilines is 1. The van der Waals surface area contributed by atoms with Crippen LogP contribution in [0.25, 0.3) is 4.85 Å². The number of nitrogens with two attached hydrogens (primary N) is 1. The molecule has 0 bridgehead atoms. The molecular weight excluding hydrogens is 496 g/mol. The molecule has 0 saturated carbocycles. The van der Waals surface area contributed by atoms with E-state index in [-0.39, 0.29) is 6.61 Å². The Hall–Kier alpha value is -3.11. The highest BCUT2D eigenvalue weighted by Gasteiger charge is 2.32. The Morgan fingerprint density at radius 3 is 2.37 bits per heavy atom. The summed E-state index contributed by atoms with van der Waals surface area (Å²) in [7, 11) is 0. The fourth-order valence-electron chi connectivity index (χ4n) is 5.87. The molecule has 1 atom stereocenters. The molecule has 9 heteroatoms. The Morgan fingerprint density at radius 1 is 1.21 bits per heavy atom. The molecule has 2 aliphatic heterocycles. The minimum Gasteiger partial charge on any atom is -0.395 e. The second kappa shape index (κ2) is 13.1. The van der Waals surface area contributed by atoms with Gasteiger partial charge in [-0.15, -0.1) is 0 Å². The number of carbonyl (C=O) groups excluding carboxylic acids is 1. The monoisotopic (exact) mass is 532 g/mol. The molecular formula is C29H36N6O2S. The summed E-state index contributed by atoms with van der Waals surface area (Å²) < 4.78 is 0. The van der Waals surface area contributed by atoms with E-state index in [9.17, 15) is 15.2 Å². The van der Waals surface area contributed by atoms with Crippen molar-refractivity contribution in [1.82, 2.24) is 9.88 Å². The average molecular weight is 533 g/mol. The molecule has 0 spiro atoms. The third kappa shape index (κ3) is 6.13. The van der Waals surface area contributed by atoms with Gasteiger partial charge in [0.05, 0.1) is 18.7 Å². The summed E-state index contributed by atoms with van der Waals surface area (Å²) in [5.41, 5.74) is 8.03. The van der Waals surface area contributed by atoms with E-state index in [0.717, 1.165) is 51.1 Å². The number of hydrogen-bond donors (Lipinski definition) is 2. The van der Waals surface area contributed by atoms with Gasteiger partial charge in [0, 0.05) is 19.6 Å². The van der Waals surface area contributed by atoms with Crippen molar-refractivity contribution in [2.24, 2.45) is 17.6 Å². The third-order valence-electron chi connectivity index (χ3n) is 7.94. The van der Waals surface area contributed by atoms with Crippen LogP contribution in [0.3, 0.4) is 0 Å². The van der Waals surface area contributed by atoms with E-state index >= 15 is 0 Å². The molecule has 1 aromatic heterocycles. The van der Waals surface area contributed by atoms with Gasteiger partial charge in [0.2, 0.25) is 11.6 Å². The zero-order valence-corrected chi connectivity index (χ0v) is 22.8. The second-order valence-corrected chi connectivity index (χ2v) is 11.2. The molecule has 8 nitrogen and oxygen atoms in total. The van der Waals surface area contributed by atoms with E-state index in [1.807, 2.05) is 37.3 Å². The van der Waals surface area contributed by atoms with Gasteiger partial charge < -0.3 is 20.6 Å². The van der Waals surface area contributed by atoms with Crippen LogP contribution in [0.15, 0.2) is 35.4 Å². The molecule has 2 aliphatic rings. The van der Waals surface area contributed by atoms with Crippen molar-refractivity contribution < 1.29 is 9.90 Å². The number of nitrogens with zero attached hydrogens (tertiary/aromatic N) is 5. The minimum atomic E-state index is -0.686. The maximum absolute atomic E-state index is 12.4. The Labute approximate surface area is 229 Å². The molecule has 0 aliphatic carbocycles. The SMILES string of the molecule is [C-]#[N+]c1c(N2CCC(C3CCN(CCO)CC3)CC2)nc(SC(C(N)=O)c2ccccc2)c(C#N)c1CC. The van der Waals surface area contributed by atoms with Gasteiger partial charge >= 0.3 is 0 Å². The van der Waals surface area contributed by atoms with Gasteiger partial charge in [-0.2, -0.15) is 5.26 Å². The number of hydrogen-bond acceptors (Lipinski definition) is 7. The Balaban J connectivity index is 1.58. The number of amides is 1. The van der Waals surface area contributed by atoms with Gasteiger partial charge in [-0.05, 0) is 68.2 Å². The highest BCUT2D eigenvalue weighted by atomic mass is 32.2. The van der Waals surface area contributed by atoms with E-state index < -0.39 is 11.2 Å².